The molecule has 2 rings (SSSR count). The minimum absolute atomic E-state index is 0.181. The summed E-state index contributed by atoms with van der Waals surface area (Å²) in [5, 5.41) is 0. The summed E-state index contributed by atoms with van der Waals surface area (Å²) in [4.78, 5) is 3.23. The third-order valence-electron chi connectivity index (χ3n) is 3.25. The molecule has 0 heterocycles. The smallest absolute Gasteiger partial charge is 0.273 e. The van der Waals surface area contributed by atoms with Crippen LogP contribution in [0.3, 0.4) is 0 Å². The maximum atomic E-state index is 13.1. The van der Waals surface area contributed by atoms with E-state index in [1.165, 1.54) is 24.3 Å². The predicted octanol–water partition coefficient (Wildman–Crippen LogP) is 1.35. The normalized spacial score (nSPS) is 12.2. The molecule has 122 valence electrons. The molecule has 23 heavy (non-hydrogen) atoms. The highest BCUT2D eigenvalue weighted by atomic mass is 32.2. The lowest BCUT2D eigenvalue weighted by atomic mass is 10.2. The van der Waals surface area contributed by atoms with Crippen molar-refractivity contribution in [3.63, 3.8) is 0 Å². The van der Waals surface area contributed by atoms with Gasteiger partial charge in [-0.05, 0) is 49.7 Å². The molecular formula is C17H20FN2O2S+. The summed E-state index contributed by atoms with van der Waals surface area (Å²) in [6.07, 6.45) is 0.830. The molecule has 0 aliphatic heterocycles. The molecular weight excluding hydrogens is 315 g/mol. The first kappa shape index (κ1) is 17.1. The van der Waals surface area contributed by atoms with Gasteiger partial charge in [-0.25, -0.2) is 4.39 Å². The summed E-state index contributed by atoms with van der Waals surface area (Å²) in [7, 11) is -3.71. The van der Waals surface area contributed by atoms with Crippen molar-refractivity contribution >= 4 is 15.9 Å². The molecule has 0 radical (unpaired) electrons. The predicted molar refractivity (Wildman–Crippen MR) is 88.1 cm³/mol. The number of halogens is 1. The van der Waals surface area contributed by atoms with Gasteiger partial charge in [-0.1, -0.05) is 24.6 Å². The maximum Gasteiger partial charge on any atom is 0.328 e. The van der Waals surface area contributed by atoms with Gasteiger partial charge in [0.2, 0.25) is 0 Å². The van der Waals surface area contributed by atoms with E-state index >= 15 is 0 Å². The maximum absolute atomic E-state index is 13.1. The lowest BCUT2D eigenvalue weighted by Gasteiger charge is -2.06. The summed E-state index contributed by atoms with van der Waals surface area (Å²) in [5.74, 6) is -0.0302. The van der Waals surface area contributed by atoms with Gasteiger partial charge in [0.15, 0.2) is 0 Å². The standard InChI is InChI=1S/C17H19FN2O2S/c1-3-12-19-17(14-6-8-15(18)9-7-14)20-23(21,22)16-10-4-13(2)5-11-16/h4-11H,3,12H2,1-2H3,(H,19,20)/p+1. The zero-order chi connectivity index (χ0) is 16.9. The van der Waals surface area contributed by atoms with E-state index in [0.29, 0.717) is 17.9 Å². The van der Waals surface area contributed by atoms with Gasteiger partial charge < -0.3 is 0 Å². The third-order valence-corrected chi connectivity index (χ3v) is 4.62. The van der Waals surface area contributed by atoms with E-state index < -0.39 is 10.0 Å². The average Bonchev–Trinajstić information content (AvgIpc) is 2.52. The van der Waals surface area contributed by atoms with Gasteiger partial charge in [-0.15, -0.1) is 0 Å². The molecule has 2 aromatic rings. The van der Waals surface area contributed by atoms with Crippen molar-refractivity contribution < 1.29 is 17.8 Å². The monoisotopic (exact) mass is 335 g/mol. The Morgan fingerprint density at radius 2 is 1.70 bits per heavy atom. The second kappa shape index (κ2) is 7.37. The first-order chi connectivity index (χ1) is 10.9. The van der Waals surface area contributed by atoms with Gasteiger partial charge in [-0.2, -0.15) is 13.1 Å². The van der Waals surface area contributed by atoms with Crippen LogP contribution in [0.2, 0.25) is 0 Å². The van der Waals surface area contributed by atoms with Crippen LogP contribution in [0.1, 0.15) is 24.5 Å². The molecule has 0 unspecified atom stereocenters. The highest BCUT2D eigenvalue weighted by molar-refractivity contribution is 7.90. The second-order valence-corrected chi connectivity index (χ2v) is 6.91. The van der Waals surface area contributed by atoms with Crippen molar-refractivity contribution in [2.24, 2.45) is 0 Å². The number of aryl methyl sites for hydroxylation is 1. The van der Waals surface area contributed by atoms with Crippen LogP contribution < -0.4 is 9.71 Å². The van der Waals surface area contributed by atoms with Crippen LogP contribution in [0.5, 0.6) is 0 Å². The molecule has 0 amide bonds. The van der Waals surface area contributed by atoms with Crippen molar-refractivity contribution in [3.05, 3.63) is 65.5 Å². The number of amidine groups is 1. The zero-order valence-corrected chi connectivity index (χ0v) is 14.0. The molecule has 0 aromatic heterocycles. The van der Waals surface area contributed by atoms with Crippen molar-refractivity contribution in [1.82, 2.24) is 4.72 Å². The van der Waals surface area contributed by atoms with Crippen LogP contribution in [-0.2, 0) is 10.0 Å². The molecule has 0 spiro atoms. The van der Waals surface area contributed by atoms with Crippen molar-refractivity contribution in [2.45, 2.75) is 25.2 Å². The van der Waals surface area contributed by atoms with Gasteiger partial charge in [-0.3, -0.25) is 4.99 Å². The lowest BCUT2D eigenvalue weighted by Crippen LogP contribution is -2.76. The SMILES string of the molecule is CCC[NH+]=C(NS(=O)(=O)c1ccc(C)cc1)c1ccc(F)cc1. The summed E-state index contributed by atoms with van der Waals surface area (Å²) >= 11 is 0. The topological polar surface area (TPSA) is 60.1 Å². The van der Waals surface area contributed by atoms with E-state index in [-0.39, 0.29) is 10.7 Å². The number of rotatable bonds is 5. The van der Waals surface area contributed by atoms with E-state index in [4.69, 9.17) is 0 Å². The van der Waals surface area contributed by atoms with E-state index in [0.717, 1.165) is 12.0 Å². The number of sulfonamides is 1. The Morgan fingerprint density at radius 1 is 1.09 bits per heavy atom. The Morgan fingerprint density at radius 3 is 2.26 bits per heavy atom. The first-order valence-electron chi connectivity index (χ1n) is 7.38. The summed E-state index contributed by atoms with van der Waals surface area (Å²) < 4.78 is 40.7. The van der Waals surface area contributed by atoms with Crippen molar-refractivity contribution in [3.8, 4) is 0 Å². The summed E-state index contributed by atoms with van der Waals surface area (Å²) in [6.45, 7) is 4.47. The highest BCUT2D eigenvalue weighted by Crippen LogP contribution is 2.10. The Kier molecular flexibility index (Phi) is 5.50. The van der Waals surface area contributed by atoms with E-state index in [9.17, 15) is 12.8 Å². The van der Waals surface area contributed by atoms with Crippen LogP contribution in [0.4, 0.5) is 4.39 Å². The first-order valence-corrected chi connectivity index (χ1v) is 8.87. The molecule has 6 heteroatoms. The molecule has 0 bridgehead atoms. The van der Waals surface area contributed by atoms with E-state index in [2.05, 4.69) is 9.71 Å². The third kappa shape index (κ3) is 4.63. The van der Waals surface area contributed by atoms with Gasteiger partial charge in [0.25, 0.3) is 5.84 Å². The molecule has 0 saturated heterocycles. The largest absolute Gasteiger partial charge is 0.328 e. The zero-order valence-electron chi connectivity index (χ0n) is 13.1. The van der Waals surface area contributed by atoms with Gasteiger partial charge in [0.05, 0.1) is 12.1 Å². The lowest BCUT2D eigenvalue weighted by molar-refractivity contribution is -0.458. The number of hydrogen-bond acceptors (Lipinski definition) is 2. The van der Waals surface area contributed by atoms with Crippen molar-refractivity contribution in [1.29, 1.82) is 0 Å². The molecule has 0 atom stereocenters. The van der Waals surface area contributed by atoms with E-state index in [1.807, 2.05) is 13.8 Å². The summed E-state index contributed by atoms with van der Waals surface area (Å²) in [6, 6.07) is 12.2. The Bertz CT molecular complexity index is 782. The molecule has 0 aliphatic carbocycles. The minimum Gasteiger partial charge on any atom is -0.273 e. The Hall–Kier alpha value is -2.21. The fourth-order valence-electron chi connectivity index (χ4n) is 1.97. The van der Waals surface area contributed by atoms with Crippen LogP contribution in [-0.4, -0.2) is 20.8 Å². The number of nitrogens with one attached hydrogen (secondary N) is 2. The number of hydrogen-bond donors (Lipinski definition) is 2. The molecule has 0 saturated carbocycles. The minimum atomic E-state index is -3.71. The van der Waals surface area contributed by atoms with Gasteiger partial charge >= 0.3 is 10.0 Å². The quantitative estimate of drug-likeness (QED) is 0.640. The van der Waals surface area contributed by atoms with Crippen LogP contribution >= 0.6 is 0 Å². The molecule has 4 nitrogen and oxygen atoms in total. The van der Waals surface area contributed by atoms with Crippen LogP contribution in [0.25, 0.3) is 0 Å². The van der Waals surface area contributed by atoms with Crippen molar-refractivity contribution in [2.75, 3.05) is 6.54 Å². The summed E-state index contributed by atoms with van der Waals surface area (Å²) in [5.41, 5.74) is 1.56. The van der Waals surface area contributed by atoms with Gasteiger partial charge in [0.1, 0.15) is 10.7 Å². The number of benzene rings is 2. The Labute approximate surface area is 136 Å². The highest BCUT2D eigenvalue weighted by Gasteiger charge is 2.23. The molecule has 2 aromatic carbocycles. The van der Waals surface area contributed by atoms with Crippen LogP contribution in [0.15, 0.2) is 53.4 Å². The molecule has 0 fully saturated rings. The van der Waals surface area contributed by atoms with Crippen LogP contribution in [0, 0.1) is 12.7 Å². The molecule has 2 N–H and O–H groups in total. The Balaban J connectivity index is 2.33. The fourth-order valence-corrected chi connectivity index (χ4v) is 3.05. The average molecular weight is 335 g/mol. The van der Waals surface area contributed by atoms with E-state index in [1.54, 1.807) is 24.3 Å². The second-order valence-electron chi connectivity index (χ2n) is 5.23. The van der Waals surface area contributed by atoms with Gasteiger partial charge in [0, 0.05) is 0 Å². The fraction of sp³-hybridized carbons (Fsp3) is 0.235. The molecule has 0 aliphatic rings.